The Labute approximate surface area is 105 Å². The molecule has 17 heavy (non-hydrogen) atoms. The summed E-state index contributed by atoms with van der Waals surface area (Å²) < 4.78 is 18.8. The van der Waals surface area contributed by atoms with Gasteiger partial charge >= 0.3 is 5.97 Å². The summed E-state index contributed by atoms with van der Waals surface area (Å²) in [4.78, 5) is 11.2. The summed E-state index contributed by atoms with van der Waals surface area (Å²) in [6, 6.07) is 6.06. The average Bonchev–Trinajstić information content (AvgIpc) is 2.77. The van der Waals surface area contributed by atoms with Crippen molar-refractivity contribution in [1.29, 1.82) is 0 Å². The van der Waals surface area contributed by atoms with E-state index < -0.39 is 11.8 Å². The number of halogens is 2. The number of hydrogen-bond acceptors (Lipinski definition) is 3. The first kappa shape index (κ1) is 11.8. The Balaban J connectivity index is 2.40. The maximum absolute atomic E-state index is 13.6. The van der Waals surface area contributed by atoms with Gasteiger partial charge in [0.15, 0.2) is 0 Å². The minimum atomic E-state index is -0.540. The normalized spacial score (nSPS) is 10.3. The van der Waals surface area contributed by atoms with Gasteiger partial charge in [-0.1, -0.05) is 15.9 Å². The molecule has 0 aliphatic rings. The van der Waals surface area contributed by atoms with Gasteiger partial charge in [-0.3, -0.25) is 5.10 Å². The second kappa shape index (κ2) is 4.67. The first-order chi connectivity index (χ1) is 8.11. The Morgan fingerprint density at radius 2 is 2.24 bits per heavy atom. The van der Waals surface area contributed by atoms with E-state index in [0.29, 0.717) is 15.7 Å². The van der Waals surface area contributed by atoms with Crippen molar-refractivity contribution in [3.8, 4) is 11.3 Å². The number of ether oxygens (including phenoxy) is 1. The second-order valence-corrected chi connectivity index (χ2v) is 4.20. The number of nitrogens with zero attached hydrogens (tertiary/aromatic N) is 1. The van der Waals surface area contributed by atoms with Crippen molar-refractivity contribution in [2.75, 3.05) is 7.11 Å². The lowest BCUT2D eigenvalue weighted by Crippen LogP contribution is -2.00. The van der Waals surface area contributed by atoms with Gasteiger partial charge in [0.05, 0.1) is 12.8 Å². The molecule has 6 heteroatoms. The van der Waals surface area contributed by atoms with Crippen LogP contribution in [-0.4, -0.2) is 23.3 Å². The largest absolute Gasteiger partial charge is 0.464 e. The second-order valence-electron chi connectivity index (χ2n) is 3.28. The number of aromatic amines is 1. The molecule has 0 aliphatic carbocycles. The lowest BCUT2D eigenvalue weighted by molar-refractivity contribution is 0.0594. The zero-order valence-corrected chi connectivity index (χ0v) is 10.4. The number of nitrogens with one attached hydrogen (secondary N) is 1. The van der Waals surface area contributed by atoms with Crippen molar-refractivity contribution in [2.45, 2.75) is 0 Å². The smallest absolute Gasteiger partial charge is 0.356 e. The molecule has 0 unspecified atom stereocenters. The summed E-state index contributed by atoms with van der Waals surface area (Å²) >= 11 is 3.17. The van der Waals surface area contributed by atoms with Crippen molar-refractivity contribution in [3.05, 3.63) is 40.2 Å². The van der Waals surface area contributed by atoms with E-state index in [1.54, 1.807) is 12.1 Å². The summed E-state index contributed by atoms with van der Waals surface area (Å²) in [7, 11) is 1.27. The van der Waals surface area contributed by atoms with Crippen LogP contribution >= 0.6 is 15.9 Å². The highest BCUT2D eigenvalue weighted by Crippen LogP contribution is 2.24. The monoisotopic (exact) mass is 298 g/mol. The van der Waals surface area contributed by atoms with E-state index in [1.165, 1.54) is 19.2 Å². The molecule has 2 aromatic rings. The molecule has 1 N–H and O–H groups in total. The van der Waals surface area contributed by atoms with Crippen LogP contribution in [0.2, 0.25) is 0 Å². The van der Waals surface area contributed by atoms with E-state index >= 15 is 0 Å². The van der Waals surface area contributed by atoms with Crippen molar-refractivity contribution in [1.82, 2.24) is 10.2 Å². The Morgan fingerprint density at radius 3 is 2.88 bits per heavy atom. The Kier molecular flexibility index (Phi) is 3.23. The van der Waals surface area contributed by atoms with E-state index in [2.05, 4.69) is 30.9 Å². The summed E-state index contributed by atoms with van der Waals surface area (Å²) in [6.07, 6.45) is 0. The predicted molar refractivity (Wildman–Crippen MR) is 63.0 cm³/mol. The fourth-order valence-electron chi connectivity index (χ4n) is 1.37. The highest BCUT2D eigenvalue weighted by Gasteiger charge is 2.13. The minimum absolute atomic E-state index is 0.185. The van der Waals surface area contributed by atoms with E-state index in [0.717, 1.165) is 0 Å². The number of esters is 1. The van der Waals surface area contributed by atoms with Crippen LogP contribution in [0.1, 0.15) is 10.5 Å². The van der Waals surface area contributed by atoms with Crippen LogP contribution in [0.5, 0.6) is 0 Å². The van der Waals surface area contributed by atoms with Gasteiger partial charge in [0, 0.05) is 10.0 Å². The Hall–Kier alpha value is -1.69. The van der Waals surface area contributed by atoms with E-state index in [4.69, 9.17) is 0 Å². The van der Waals surface area contributed by atoms with Crippen LogP contribution in [0.15, 0.2) is 28.7 Å². The first-order valence-electron chi connectivity index (χ1n) is 4.71. The van der Waals surface area contributed by atoms with Crippen molar-refractivity contribution in [2.24, 2.45) is 0 Å². The molecule has 0 atom stereocenters. The van der Waals surface area contributed by atoms with Gasteiger partial charge in [0.1, 0.15) is 11.5 Å². The molecule has 0 spiro atoms. The highest BCUT2D eigenvalue weighted by molar-refractivity contribution is 9.10. The minimum Gasteiger partial charge on any atom is -0.464 e. The number of benzene rings is 1. The van der Waals surface area contributed by atoms with Gasteiger partial charge in [-0.05, 0) is 24.3 Å². The van der Waals surface area contributed by atoms with Crippen LogP contribution in [-0.2, 0) is 4.74 Å². The molecular weight excluding hydrogens is 291 g/mol. The van der Waals surface area contributed by atoms with Gasteiger partial charge in [0.2, 0.25) is 0 Å². The van der Waals surface area contributed by atoms with Crippen molar-refractivity contribution >= 4 is 21.9 Å². The maximum Gasteiger partial charge on any atom is 0.356 e. The Bertz CT molecular complexity index is 568. The molecule has 0 bridgehead atoms. The number of aromatic nitrogens is 2. The standard InChI is InChI=1S/C11H8BrFN2O2/c1-17-11(16)10-5-9(14-15-10)7-3-2-6(12)4-8(7)13/h2-5H,1H3,(H,14,15). The number of carbonyl (C=O) groups excluding carboxylic acids is 1. The van der Waals surface area contributed by atoms with Crippen molar-refractivity contribution in [3.63, 3.8) is 0 Å². The molecule has 0 radical (unpaired) electrons. The third kappa shape index (κ3) is 2.36. The number of methoxy groups -OCH3 is 1. The van der Waals surface area contributed by atoms with E-state index in [-0.39, 0.29) is 5.69 Å². The SMILES string of the molecule is COC(=O)c1cc(-c2ccc(Br)cc2F)n[nH]1. The van der Waals surface area contributed by atoms with E-state index in [1.807, 2.05) is 0 Å². The molecule has 88 valence electrons. The summed E-state index contributed by atoms with van der Waals surface area (Å²) in [5, 5.41) is 6.36. The number of hydrogen-bond donors (Lipinski definition) is 1. The number of carbonyl (C=O) groups is 1. The molecule has 0 saturated carbocycles. The lowest BCUT2D eigenvalue weighted by Gasteiger charge is -1.98. The highest BCUT2D eigenvalue weighted by atomic mass is 79.9. The molecule has 1 heterocycles. The van der Waals surface area contributed by atoms with Gasteiger partial charge in [-0.15, -0.1) is 0 Å². The molecule has 1 aromatic carbocycles. The third-order valence-corrected chi connectivity index (χ3v) is 2.68. The average molecular weight is 299 g/mol. The quantitative estimate of drug-likeness (QED) is 0.868. The molecule has 4 nitrogen and oxygen atoms in total. The van der Waals surface area contributed by atoms with Crippen molar-refractivity contribution < 1.29 is 13.9 Å². The van der Waals surface area contributed by atoms with Crippen LogP contribution in [0.3, 0.4) is 0 Å². The molecule has 2 rings (SSSR count). The molecule has 0 fully saturated rings. The fraction of sp³-hybridized carbons (Fsp3) is 0.0909. The number of H-pyrrole nitrogens is 1. The summed E-state index contributed by atoms with van der Waals surface area (Å²) in [5.74, 6) is -0.955. The molecule has 0 amide bonds. The maximum atomic E-state index is 13.6. The van der Waals surface area contributed by atoms with E-state index in [9.17, 15) is 9.18 Å². The zero-order chi connectivity index (χ0) is 12.4. The lowest BCUT2D eigenvalue weighted by atomic mass is 10.1. The van der Waals surface area contributed by atoms with Gasteiger partial charge in [0.25, 0.3) is 0 Å². The van der Waals surface area contributed by atoms with Gasteiger partial charge in [-0.2, -0.15) is 5.10 Å². The molecular formula is C11H8BrFN2O2. The van der Waals surface area contributed by atoms with Crippen LogP contribution in [0.4, 0.5) is 4.39 Å². The fourth-order valence-corrected chi connectivity index (χ4v) is 1.70. The summed E-state index contributed by atoms with van der Waals surface area (Å²) in [6.45, 7) is 0. The van der Waals surface area contributed by atoms with Gasteiger partial charge in [-0.25, -0.2) is 9.18 Å². The number of rotatable bonds is 2. The molecule has 1 aromatic heterocycles. The zero-order valence-electron chi connectivity index (χ0n) is 8.83. The van der Waals surface area contributed by atoms with Crippen LogP contribution < -0.4 is 0 Å². The van der Waals surface area contributed by atoms with Crippen LogP contribution in [0.25, 0.3) is 11.3 Å². The topological polar surface area (TPSA) is 55.0 Å². The summed E-state index contributed by atoms with van der Waals surface area (Å²) in [5.41, 5.74) is 0.861. The first-order valence-corrected chi connectivity index (χ1v) is 5.50. The van der Waals surface area contributed by atoms with Crippen LogP contribution in [0, 0.1) is 5.82 Å². The van der Waals surface area contributed by atoms with Gasteiger partial charge < -0.3 is 4.74 Å². The predicted octanol–water partition coefficient (Wildman–Crippen LogP) is 2.76. The third-order valence-electron chi connectivity index (χ3n) is 2.19. The molecule has 0 aliphatic heterocycles. The Morgan fingerprint density at radius 1 is 1.47 bits per heavy atom. The molecule has 0 saturated heterocycles.